The van der Waals surface area contributed by atoms with Gasteiger partial charge in [-0.3, -0.25) is 9.59 Å². The van der Waals surface area contributed by atoms with Gasteiger partial charge in [-0.05, 0) is 93.1 Å². The van der Waals surface area contributed by atoms with Crippen LogP contribution in [-0.2, 0) is 0 Å². The first kappa shape index (κ1) is 41.8. The van der Waals surface area contributed by atoms with Crippen LogP contribution in [0.4, 0.5) is 38.1 Å². The fourth-order valence-electron chi connectivity index (χ4n) is 5.97. The monoisotopic (exact) mass is 801 g/mol. The quantitative estimate of drug-likeness (QED) is 0.127. The summed E-state index contributed by atoms with van der Waals surface area (Å²) in [5, 5.41) is 10.7. The fraction of sp³-hybridized carbons (Fsp3) is 0.485. The zero-order valence-corrected chi connectivity index (χ0v) is 33.2. The number of nitrogens with two attached hydrogens (primary N) is 3. The zero-order valence-electron chi connectivity index (χ0n) is 30.7. The number of carbonyl (C=O) groups is 3. The minimum Gasteiger partial charge on any atom is -0.364 e. The molecular weight excluding hydrogens is 754 g/mol. The van der Waals surface area contributed by atoms with Crippen molar-refractivity contribution in [1.82, 2.24) is 38.9 Å². The summed E-state index contributed by atoms with van der Waals surface area (Å²) >= 11 is 2.58. The second-order valence-electron chi connectivity index (χ2n) is 13.2. The fourth-order valence-corrected chi connectivity index (χ4v) is 7.29. The number of aromatic nitrogens is 6. The molecule has 2 aliphatic rings. The largest absolute Gasteiger partial charge is 0.364 e. The van der Waals surface area contributed by atoms with Gasteiger partial charge in [0.05, 0.1) is 23.8 Å². The van der Waals surface area contributed by atoms with Gasteiger partial charge in [0, 0.05) is 46.8 Å². The SMILES string of the molecule is Cc1cc(Nc2nc(N3CCCC(CN)C3)cnc2C(N)=O)sn1.Cc1cc(Nc2nc(N3CCCC(CNC(=O)N(C)C)C3)cnc2C(N)=O)sn1.Cl. The molecule has 2 fully saturated rings. The highest BCUT2D eigenvalue weighted by molar-refractivity contribution is 7.10. The summed E-state index contributed by atoms with van der Waals surface area (Å²) in [6.07, 6.45) is 7.38. The molecule has 0 bridgehead atoms. The van der Waals surface area contributed by atoms with Crippen molar-refractivity contribution in [2.24, 2.45) is 29.0 Å². The van der Waals surface area contributed by atoms with E-state index in [2.05, 4.69) is 54.4 Å². The second kappa shape index (κ2) is 19.4. The number of aryl methyl sites for hydroxylation is 2. The molecule has 2 atom stereocenters. The third kappa shape index (κ3) is 11.3. The lowest BCUT2D eigenvalue weighted by atomic mass is 9.98. The molecule has 0 aliphatic carbocycles. The Bertz CT molecular complexity index is 1890. The number of rotatable bonds is 11. The number of amides is 4. The molecule has 2 unspecified atom stereocenters. The van der Waals surface area contributed by atoms with Crippen LogP contribution in [0, 0.1) is 25.7 Å². The molecule has 0 aromatic carbocycles. The lowest BCUT2D eigenvalue weighted by Crippen LogP contribution is -2.43. The number of halogens is 1. The number of carbonyl (C=O) groups excluding carboxylic acids is 3. The Morgan fingerprint density at radius 1 is 0.815 bits per heavy atom. The Labute approximate surface area is 328 Å². The van der Waals surface area contributed by atoms with Crippen LogP contribution >= 0.6 is 35.5 Å². The summed E-state index contributed by atoms with van der Waals surface area (Å²) in [5.74, 6) is 1.58. The van der Waals surface area contributed by atoms with E-state index in [0.29, 0.717) is 42.4 Å². The minimum absolute atomic E-state index is 0. The summed E-state index contributed by atoms with van der Waals surface area (Å²) < 4.78 is 8.43. The van der Waals surface area contributed by atoms with Crippen molar-refractivity contribution in [3.8, 4) is 0 Å². The summed E-state index contributed by atoms with van der Waals surface area (Å²) in [7, 11) is 3.44. The first-order valence-corrected chi connectivity index (χ1v) is 18.8. The van der Waals surface area contributed by atoms with Gasteiger partial charge in [0.15, 0.2) is 23.0 Å². The average molecular weight is 802 g/mol. The van der Waals surface area contributed by atoms with Crippen LogP contribution in [0.5, 0.6) is 0 Å². The maximum Gasteiger partial charge on any atom is 0.316 e. The van der Waals surface area contributed by atoms with E-state index in [1.807, 2.05) is 26.0 Å². The zero-order chi connectivity index (χ0) is 38.1. The van der Waals surface area contributed by atoms with Crippen molar-refractivity contribution in [1.29, 1.82) is 0 Å². The van der Waals surface area contributed by atoms with E-state index >= 15 is 0 Å². The number of anilines is 6. The van der Waals surface area contributed by atoms with Crippen LogP contribution in [0.25, 0.3) is 0 Å². The lowest BCUT2D eigenvalue weighted by Gasteiger charge is -2.33. The predicted molar refractivity (Wildman–Crippen MR) is 215 cm³/mol. The number of hydrogen-bond donors (Lipinski definition) is 6. The van der Waals surface area contributed by atoms with Crippen LogP contribution in [0.3, 0.4) is 0 Å². The van der Waals surface area contributed by atoms with Crippen molar-refractivity contribution in [2.75, 3.05) is 73.8 Å². The van der Waals surface area contributed by atoms with Crippen LogP contribution in [0.1, 0.15) is 58.0 Å². The van der Waals surface area contributed by atoms with Crippen molar-refractivity contribution in [3.05, 3.63) is 47.3 Å². The molecular formula is C33H48ClN15O3S2. The molecule has 2 aliphatic heterocycles. The van der Waals surface area contributed by atoms with Gasteiger partial charge >= 0.3 is 6.03 Å². The normalized spacial score (nSPS) is 16.7. The number of piperidine rings is 2. The second-order valence-corrected chi connectivity index (χ2v) is 14.8. The third-order valence-corrected chi connectivity index (χ3v) is 10.3. The molecule has 9 N–H and O–H groups in total. The summed E-state index contributed by atoms with van der Waals surface area (Å²) in [4.78, 5) is 58.6. The topological polar surface area (TPSA) is 252 Å². The molecule has 6 heterocycles. The van der Waals surface area contributed by atoms with Gasteiger partial charge in [-0.1, -0.05) is 0 Å². The Morgan fingerprint density at radius 3 is 1.69 bits per heavy atom. The molecule has 292 valence electrons. The van der Waals surface area contributed by atoms with Crippen LogP contribution in [0.15, 0.2) is 24.5 Å². The first-order valence-electron chi connectivity index (χ1n) is 17.3. The highest BCUT2D eigenvalue weighted by Gasteiger charge is 2.25. The number of nitrogens with zero attached hydrogens (tertiary/aromatic N) is 9. The number of hydrogen-bond acceptors (Lipinski definition) is 16. The number of urea groups is 1. The van der Waals surface area contributed by atoms with Crippen LogP contribution < -0.4 is 43.0 Å². The van der Waals surface area contributed by atoms with E-state index in [1.165, 1.54) is 28.0 Å². The van der Waals surface area contributed by atoms with E-state index in [1.54, 1.807) is 26.5 Å². The Kier molecular flexibility index (Phi) is 15.0. The van der Waals surface area contributed by atoms with Crippen LogP contribution in [0.2, 0.25) is 0 Å². The van der Waals surface area contributed by atoms with Gasteiger partial charge in [0.2, 0.25) is 0 Å². The minimum atomic E-state index is -0.643. The molecule has 18 nitrogen and oxygen atoms in total. The Balaban J connectivity index is 0.000000240. The molecule has 0 spiro atoms. The smallest absolute Gasteiger partial charge is 0.316 e. The van der Waals surface area contributed by atoms with Crippen molar-refractivity contribution in [2.45, 2.75) is 39.5 Å². The maximum absolute atomic E-state index is 11.8. The van der Waals surface area contributed by atoms with Gasteiger partial charge < -0.3 is 47.9 Å². The summed E-state index contributed by atoms with van der Waals surface area (Å²) in [6.45, 7) is 8.39. The molecule has 4 aromatic rings. The molecule has 2 saturated heterocycles. The third-order valence-electron chi connectivity index (χ3n) is 8.69. The molecule has 4 aromatic heterocycles. The molecule has 0 saturated carbocycles. The van der Waals surface area contributed by atoms with Crippen molar-refractivity contribution >= 4 is 86.6 Å². The van der Waals surface area contributed by atoms with Crippen LogP contribution in [-0.4, -0.2) is 105 Å². The maximum atomic E-state index is 11.8. The Hall–Kier alpha value is -4.92. The van der Waals surface area contributed by atoms with E-state index in [-0.39, 0.29) is 29.8 Å². The summed E-state index contributed by atoms with van der Waals surface area (Å²) in [6, 6.07) is 3.66. The van der Waals surface area contributed by atoms with Gasteiger partial charge in [0.1, 0.15) is 21.6 Å². The molecule has 0 radical (unpaired) electrons. The standard InChI is InChI=1S/C18H26N8O2S.C15H21N7OS.ClH/c1-11-7-14(29-24-11)23-17-15(16(19)27)20-9-13(22-17)26-6-4-5-12(10-26)8-21-18(28)25(2)3;1-9-5-12(24-21-9)20-15-13(14(17)23)18-7-11(19-15)22-4-2-3-10(6-16)8-22;/h7,9,12H,4-6,8,10H2,1-3H3,(H2,19,27)(H,21,28)(H,22,23);5,7,10H,2-4,6,8,16H2,1H3,(H2,17,23)(H,19,20);1H. The lowest BCUT2D eigenvalue weighted by molar-refractivity contribution is 0.0987. The Morgan fingerprint density at radius 2 is 1.28 bits per heavy atom. The molecule has 6 rings (SSSR count). The first-order chi connectivity index (χ1) is 25.4. The highest BCUT2D eigenvalue weighted by atomic mass is 35.5. The predicted octanol–water partition coefficient (Wildman–Crippen LogP) is 3.25. The van der Waals surface area contributed by atoms with Gasteiger partial charge in [-0.2, -0.15) is 8.75 Å². The van der Waals surface area contributed by atoms with Gasteiger partial charge in [-0.25, -0.2) is 24.7 Å². The van der Waals surface area contributed by atoms with Crippen molar-refractivity contribution in [3.63, 3.8) is 0 Å². The van der Waals surface area contributed by atoms with E-state index < -0.39 is 11.8 Å². The number of nitrogens with one attached hydrogen (secondary N) is 3. The molecule has 54 heavy (non-hydrogen) atoms. The average Bonchev–Trinajstić information content (AvgIpc) is 3.76. The molecule has 21 heteroatoms. The van der Waals surface area contributed by atoms with Crippen molar-refractivity contribution < 1.29 is 14.4 Å². The number of primary amides is 2. The van der Waals surface area contributed by atoms with E-state index in [0.717, 1.165) is 79.1 Å². The van der Waals surface area contributed by atoms with E-state index in [9.17, 15) is 14.4 Å². The van der Waals surface area contributed by atoms with E-state index in [4.69, 9.17) is 17.2 Å². The summed E-state index contributed by atoms with van der Waals surface area (Å²) in [5.41, 5.74) is 18.7. The highest BCUT2D eigenvalue weighted by Crippen LogP contribution is 2.28. The van der Waals surface area contributed by atoms with Gasteiger partial charge in [0.25, 0.3) is 11.8 Å². The molecule has 4 amide bonds. The van der Waals surface area contributed by atoms with Gasteiger partial charge in [-0.15, -0.1) is 12.4 Å².